The molecule has 9 nitrogen and oxygen atoms in total. The molecule has 3 aromatic rings. The summed E-state index contributed by atoms with van der Waals surface area (Å²) in [7, 11) is -3.91. The van der Waals surface area contributed by atoms with Crippen molar-refractivity contribution in [1.29, 1.82) is 0 Å². The first-order valence-electron chi connectivity index (χ1n) is 8.25. The van der Waals surface area contributed by atoms with E-state index in [9.17, 15) is 23.3 Å². The van der Waals surface area contributed by atoms with E-state index in [0.29, 0.717) is 5.75 Å². The molecule has 3 rings (SSSR count). The van der Waals surface area contributed by atoms with Crippen molar-refractivity contribution in [3.05, 3.63) is 70.9 Å². The number of aromatic nitrogens is 1. The summed E-state index contributed by atoms with van der Waals surface area (Å²) < 4.78 is 30.7. The monoisotopic (exact) mass is 433 g/mol. The number of nitrogens with one attached hydrogen (secondary N) is 1. The molecule has 1 atom stereocenters. The third-order valence-corrected chi connectivity index (χ3v) is 6.91. The molecule has 0 radical (unpaired) electrons. The van der Waals surface area contributed by atoms with Gasteiger partial charge < -0.3 is 4.74 Å². The van der Waals surface area contributed by atoms with E-state index in [1.54, 1.807) is 31.2 Å². The quantitative estimate of drug-likeness (QED) is 0.447. The number of nitrogens with zero attached hydrogens (tertiary/aromatic N) is 2. The van der Waals surface area contributed by atoms with Crippen molar-refractivity contribution in [2.45, 2.75) is 22.1 Å². The lowest BCUT2D eigenvalue weighted by Crippen LogP contribution is -2.30. The molecule has 2 aromatic carbocycles. The van der Waals surface area contributed by atoms with Gasteiger partial charge in [-0.3, -0.25) is 20.2 Å². The van der Waals surface area contributed by atoms with Crippen molar-refractivity contribution in [1.82, 2.24) is 4.98 Å². The van der Waals surface area contributed by atoms with Gasteiger partial charge in [-0.2, -0.15) is 0 Å². The van der Waals surface area contributed by atoms with Gasteiger partial charge in [0.2, 0.25) is 9.84 Å². The third kappa shape index (κ3) is 4.76. The summed E-state index contributed by atoms with van der Waals surface area (Å²) in [5, 5.41) is 13.3. The lowest BCUT2D eigenvalue weighted by atomic mass is 10.3. The maximum absolute atomic E-state index is 12.7. The van der Waals surface area contributed by atoms with Gasteiger partial charge in [-0.15, -0.1) is 0 Å². The molecule has 29 heavy (non-hydrogen) atoms. The highest BCUT2D eigenvalue weighted by Gasteiger charge is 2.23. The molecule has 1 unspecified atom stereocenters. The number of nitro benzene ring substituents is 1. The minimum absolute atomic E-state index is 0.0963. The fourth-order valence-electron chi connectivity index (χ4n) is 2.27. The highest BCUT2D eigenvalue weighted by Crippen LogP contribution is 2.29. The van der Waals surface area contributed by atoms with Crippen LogP contribution in [0.4, 0.5) is 10.8 Å². The van der Waals surface area contributed by atoms with E-state index in [1.165, 1.54) is 0 Å². The van der Waals surface area contributed by atoms with E-state index < -0.39 is 26.8 Å². The molecule has 0 aliphatic rings. The van der Waals surface area contributed by atoms with Crippen LogP contribution >= 0.6 is 11.3 Å². The van der Waals surface area contributed by atoms with Crippen LogP contribution in [0.2, 0.25) is 0 Å². The number of non-ortho nitro benzene ring substituents is 1. The molecule has 0 aliphatic carbocycles. The largest absolute Gasteiger partial charge is 0.481 e. The molecule has 150 valence electrons. The minimum Gasteiger partial charge on any atom is -0.481 e. The molecular formula is C18H15N3O6S2. The molecule has 1 heterocycles. The molecule has 1 aromatic heterocycles. The number of hydrogen-bond acceptors (Lipinski definition) is 8. The number of sulfone groups is 1. The fourth-order valence-corrected chi connectivity index (χ4v) is 4.70. The van der Waals surface area contributed by atoms with E-state index in [-0.39, 0.29) is 19.9 Å². The lowest BCUT2D eigenvalue weighted by Gasteiger charge is -2.13. The van der Waals surface area contributed by atoms with E-state index in [0.717, 1.165) is 41.8 Å². The van der Waals surface area contributed by atoms with E-state index in [4.69, 9.17) is 4.74 Å². The van der Waals surface area contributed by atoms with Crippen LogP contribution in [0.3, 0.4) is 0 Å². The number of ether oxygens (including phenoxy) is 1. The van der Waals surface area contributed by atoms with Crippen LogP contribution in [0.25, 0.3) is 0 Å². The first-order valence-corrected chi connectivity index (χ1v) is 10.6. The molecule has 1 amide bonds. The van der Waals surface area contributed by atoms with Gasteiger partial charge in [-0.25, -0.2) is 13.4 Å². The summed E-state index contributed by atoms with van der Waals surface area (Å²) >= 11 is 0.777. The molecule has 0 aliphatic heterocycles. The summed E-state index contributed by atoms with van der Waals surface area (Å²) in [5.74, 6) is 0.0400. The molecule has 0 spiro atoms. The Balaban J connectivity index is 1.71. The van der Waals surface area contributed by atoms with Gasteiger partial charge in [0.1, 0.15) is 9.96 Å². The molecule has 0 fully saturated rings. The highest BCUT2D eigenvalue weighted by atomic mass is 32.2. The first kappa shape index (κ1) is 20.4. The zero-order valence-corrected chi connectivity index (χ0v) is 16.6. The van der Waals surface area contributed by atoms with Crippen molar-refractivity contribution in [2.24, 2.45) is 0 Å². The first-order chi connectivity index (χ1) is 13.8. The van der Waals surface area contributed by atoms with E-state index in [1.807, 2.05) is 6.07 Å². The Labute approximate surface area is 170 Å². The van der Waals surface area contributed by atoms with Crippen molar-refractivity contribution in [3.63, 3.8) is 0 Å². The third-order valence-electron chi connectivity index (χ3n) is 3.76. The molecular weight excluding hydrogens is 418 g/mol. The topological polar surface area (TPSA) is 128 Å². The average molecular weight is 433 g/mol. The molecule has 0 saturated carbocycles. The van der Waals surface area contributed by atoms with Gasteiger partial charge in [0.15, 0.2) is 11.2 Å². The van der Waals surface area contributed by atoms with Gasteiger partial charge in [0.25, 0.3) is 11.6 Å². The lowest BCUT2D eigenvalue weighted by molar-refractivity contribution is -0.384. The number of nitro groups is 1. The standard InChI is InChI=1S/C18H15N3O6S2/c1-12(27-14-5-3-2-4-6-14)17(22)20-18-19-11-16(28-18)29(25,26)15-9-7-13(8-10-15)21(23)24/h2-12H,1H3,(H,19,20,22). The van der Waals surface area contributed by atoms with Gasteiger partial charge in [0.05, 0.1) is 16.0 Å². The summed E-state index contributed by atoms with van der Waals surface area (Å²) in [6.45, 7) is 1.56. The molecule has 0 saturated heterocycles. The number of carbonyl (C=O) groups is 1. The van der Waals surface area contributed by atoms with Crippen molar-refractivity contribution < 1.29 is 22.9 Å². The second-order valence-corrected chi connectivity index (χ2v) is 9.01. The van der Waals surface area contributed by atoms with Crippen molar-refractivity contribution in [3.8, 4) is 5.75 Å². The zero-order valence-electron chi connectivity index (χ0n) is 15.0. The SMILES string of the molecule is CC(Oc1ccccc1)C(=O)Nc1ncc(S(=O)(=O)c2ccc([N+](=O)[O-])cc2)s1. The van der Waals surface area contributed by atoms with Crippen LogP contribution in [0.15, 0.2) is 69.9 Å². The Kier molecular flexibility index (Phi) is 5.89. The van der Waals surface area contributed by atoms with Crippen LogP contribution in [-0.4, -0.2) is 30.3 Å². The maximum Gasteiger partial charge on any atom is 0.269 e. The normalized spacial score (nSPS) is 12.2. The van der Waals surface area contributed by atoms with Gasteiger partial charge >= 0.3 is 0 Å². The van der Waals surface area contributed by atoms with E-state index >= 15 is 0 Å². The Morgan fingerprint density at radius 3 is 2.45 bits per heavy atom. The van der Waals surface area contributed by atoms with Crippen molar-refractivity contribution >= 4 is 37.9 Å². The summed E-state index contributed by atoms with van der Waals surface area (Å²) in [6.07, 6.45) is 0.302. The van der Waals surface area contributed by atoms with Crippen LogP contribution in [0.1, 0.15) is 6.92 Å². The number of para-hydroxylation sites is 1. The minimum atomic E-state index is -3.91. The maximum atomic E-state index is 12.7. The predicted octanol–water partition coefficient (Wildman–Crippen LogP) is 3.29. The Morgan fingerprint density at radius 1 is 1.17 bits per heavy atom. The van der Waals surface area contributed by atoms with Gasteiger partial charge in [0, 0.05) is 12.1 Å². The zero-order chi connectivity index (χ0) is 21.0. The van der Waals surface area contributed by atoms with Gasteiger partial charge in [-0.1, -0.05) is 29.5 Å². The predicted molar refractivity (Wildman–Crippen MR) is 106 cm³/mol. The number of hydrogen-bond donors (Lipinski definition) is 1. The number of rotatable bonds is 7. The summed E-state index contributed by atoms with van der Waals surface area (Å²) in [6, 6.07) is 13.3. The highest BCUT2D eigenvalue weighted by molar-refractivity contribution is 7.93. The van der Waals surface area contributed by atoms with Gasteiger partial charge in [-0.05, 0) is 31.2 Å². The van der Waals surface area contributed by atoms with Crippen LogP contribution in [0.5, 0.6) is 5.75 Å². The Bertz CT molecular complexity index is 1130. The molecule has 1 N–H and O–H groups in total. The second-order valence-electron chi connectivity index (χ2n) is 5.80. The number of amides is 1. The van der Waals surface area contributed by atoms with E-state index in [2.05, 4.69) is 10.3 Å². The fraction of sp³-hybridized carbons (Fsp3) is 0.111. The van der Waals surface area contributed by atoms with Crippen LogP contribution < -0.4 is 10.1 Å². The number of anilines is 1. The molecule has 0 bridgehead atoms. The number of benzene rings is 2. The second kappa shape index (κ2) is 8.37. The summed E-state index contributed by atoms with van der Waals surface area (Å²) in [4.78, 5) is 26.2. The average Bonchev–Trinajstić information content (AvgIpc) is 3.18. The number of carbonyl (C=O) groups excluding carboxylic acids is 1. The smallest absolute Gasteiger partial charge is 0.269 e. The van der Waals surface area contributed by atoms with Crippen LogP contribution in [0, 0.1) is 10.1 Å². The Morgan fingerprint density at radius 2 is 1.83 bits per heavy atom. The summed E-state index contributed by atoms with van der Waals surface area (Å²) in [5.41, 5.74) is -0.214. The Hall–Kier alpha value is -3.31. The molecule has 11 heteroatoms. The van der Waals surface area contributed by atoms with Crippen LogP contribution in [-0.2, 0) is 14.6 Å². The van der Waals surface area contributed by atoms with Crippen molar-refractivity contribution in [2.75, 3.05) is 5.32 Å². The number of thiazole rings is 1.